The lowest BCUT2D eigenvalue weighted by Crippen LogP contribution is -2.41. The Hall–Kier alpha value is -2.06. The molecule has 0 aromatic carbocycles. The van der Waals surface area contributed by atoms with Crippen LogP contribution in [0.4, 0.5) is 8.78 Å². The van der Waals surface area contributed by atoms with E-state index in [0.29, 0.717) is 5.69 Å². The van der Waals surface area contributed by atoms with Gasteiger partial charge in [0.15, 0.2) is 0 Å². The van der Waals surface area contributed by atoms with Crippen LogP contribution in [0.5, 0.6) is 0 Å². The fraction of sp³-hybridized carbons (Fsp3) is 0.474. The summed E-state index contributed by atoms with van der Waals surface area (Å²) in [5, 5.41) is 4.41. The number of hydrogen-bond donors (Lipinski definition) is 0. The van der Waals surface area contributed by atoms with E-state index in [4.69, 9.17) is 9.31 Å². The van der Waals surface area contributed by atoms with Crippen LogP contribution in [0.3, 0.4) is 0 Å². The quantitative estimate of drug-likeness (QED) is 0.718. The molecule has 3 heterocycles. The van der Waals surface area contributed by atoms with Gasteiger partial charge < -0.3 is 9.31 Å². The number of allylic oxidation sites excluding steroid dienone is 1. The first-order valence-electron chi connectivity index (χ1n) is 8.97. The monoisotopic (exact) mass is 375 g/mol. The normalized spacial score (nSPS) is 18.9. The summed E-state index contributed by atoms with van der Waals surface area (Å²) in [6, 6.07) is 3.67. The van der Waals surface area contributed by atoms with Crippen molar-refractivity contribution in [3.63, 3.8) is 0 Å². The van der Waals surface area contributed by atoms with Gasteiger partial charge in [-0.2, -0.15) is 5.10 Å². The van der Waals surface area contributed by atoms with Gasteiger partial charge in [0.2, 0.25) is 0 Å². The van der Waals surface area contributed by atoms with Gasteiger partial charge in [-0.05, 0) is 46.2 Å². The van der Waals surface area contributed by atoms with E-state index >= 15 is 0 Å². The fourth-order valence-corrected chi connectivity index (χ4v) is 2.82. The Kier molecular flexibility index (Phi) is 5.49. The molecular weight excluding hydrogens is 351 g/mol. The molecule has 0 N–H and O–H groups in total. The van der Waals surface area contributed by atoms with Crippen LogP contribution >= 0.6 is 0 Å². The van der Waals surface area contributed by atoms with Crippen molar-refractivity contribution >= 4 is 7.12 Å². The Morgan fingerprint density at radius 2 is 1.96 bits per heavy atom. The average molecular weight is 375 g/mol. The zero-order valence-corrected chi connectivity index (χ0v) is 16.1. The van der Waals surface area contributed by atoms with E-state index in [2.05, 4.69) is 10.1 Å². The second-order valence-electron chi connectivity index (χ2n) is 7.58. The Labute approximate surface area is 158 Å². The van der Waals surface area contributed by atoms with Crippen molar-refractivity contribution in [1.29, 1.82) is 0 Å². The maximum Gasteiger partial charge on any atom is 0.524 e. The summed E-state index contributed by atoms with van der Waals surface area (Å²) in [5.41, 5.74) is 0.557. The lowest BCUT2D eigenvalue weighted by atomic mass is 9.87. The molecule has 1 saturated heterocycles. The predicted octanol–water partition coefficient (Wildman–Crippen LogP) is 3.94. The SMILES string of the molecule is CC1(C)OB(C(F)=CCc2cn(CCF)nc2-c2cccnc2)OC1(C)C. The molecule has 0 atom stereocenters. The highest BCUT2D eigenvalue weighted by atomic mass is 19.1. The largest absolute Gasteiger partial charge is 0.524 e. The van der Waals surface area contributed by atoms with E-state index in [-0.39, 0.29) is 13.0 Å². The van der Waals surface area contributed by atoms with Gasteiger partial charge in [0.05, 0.1) is 23.4 Å². The lowest BCUT2D eigenvalue weighted by Gasteiger charge is -2.32. The summed E-state index contributed by atoms with van der Waals surface area (Å²) >= 11 is 0. The second kappa shape index (κ2) is 7.52. The number of nitrogens with zero attached hydrogens (tertiary/aromatic N) is 3. The van der Waals surface area contributed by atoms with Crippen LogP contribution in [0.15, 0.2) is 42.5 Å². The third-order valence-electron chi connectivity index (χ3n) is 5.08. The van der Waals surface area contributed by atoms with Crippen molar-refractivity contribution in [1.82, 2.24) is 14.8 Å². The van der Waals surface area contributed by atoms with Gasteiger partial charge in [-0.1, -0.05) is 6.08 Å². The van der Waals surface area contributed by atoms with E-state index in [9.17, 15) is 8.78 Å². The number of hydrogen-bond acceptors (Lipinski definition) is 4. The summed E-state index contributed by atoms with van der Waals surface area (Å²) in [5.74, 6) is 0. The molecule has 8 heteroatoms. The van der Waals surface area contributed by atoms with Crippen LogP contribution < -0.4 is 0 Å². The molecule has 144 valence electrons. The third kappa shape index (κ3) is 4.11. The van der Waals surface area contributed by atoms with E-state index in [1.54, 1.807) is 24.7 Å². The number of alkyl halides is 1. The van der Waals surface area contributed by atoms with Crippen molar-refractivity contribution in [3.05, 3.63) is 48.1 Å². The van der Waals surface area contributed by atoms with Gasteiger partial charge in [0, 0.05) is 29.7 Å². The topological polar surface area (TPSA) is 49.2 Å². The minimum absolute atomic E-state index is 0.149. The van der Waals surface area contributed by atoms with Crippen LogP contribution in [0.2, 0.25) is 0 Å². The van der Waals surface area contributed by atoms with Crippen molar-refractivity contribution in [2.24, 2.45) is 0 Å². The fourth-order valence-electron chi connectivity index (χ4n) is 2.82. The molecule has 2 aromatic heterocycles. The number of halogens is 2. The molecule has 3 rings (SSSR count). The zero-order chi connectivity index (χ0) is 19.7. The molecule has 0 amide bonds. The molecule has 0 radical (unpaired) electrons. The van der Waals surface area contributed by atoms with Gasteiger partial charge in [0.1, 0.15) is 12.4 Å². The van der Waals surface area contributed by atoms with Crippen LogP contribution in [0.25, 0.3) is 11.3 Å². The summed E-state index contributed by atoms with van der Waals surface area (Å²) < 4.78 is 40.4. The molecule has 27 heavy (non-hydrogen) atoms. The molecule has 0 saturated carbocycles. The molecule has 0 spiro atoms. The number of pyridine rings is 1. The van der Waals surface area contributed by atoms with E-state index < -0.39 is 30.7 Å². The van der Waals surface area contributed by atoms with E-state index in [0.717, 1.165) is 11.1 Å². The van der Waals surface area contributed by atoms with Gasteiger partial charge in [-0.15, -0.1) is 0 Å². The van der Waals surface area contributed by atoms with Gasteiger partial charge in [-0.25, -0.2) is 8.78 Å². The Bertz CT molecular complexity index is 806. The molecule has 1 aliphatic heterocycles. The maximum absolute atomic E-state index is 14.7. The number of aromatic nitrogens is 3. The van der Waals surface area contributed by atoms with Crippen LogP contribution in [0, 0.1) is 0 Å². The Morgan fingerprint density at radius 1 is 1.26 bits per heavy atom. The van der Waals surface area contributed by atoms with Crippen LogP contribution in [-0.2, 0) is 22.3 Å². The molecule has 2 aromatic rings. The average Bonchev–Trinajstić information content (AvgIpc) is 3.11. The minimum atomic E-state index is -1.03. The van der Waals surface area contributed by atoms with E-state index in [1.807, 2.05) is 33.8 Å². The number of aryl methyl sites for hydroxylation is 1. The first-order chi connectivity index (χ1) is 12.7. The van der Waals surface area contributed by atoms with Crippen molar-refractivity contribution < 1.29 is 18.1 Å². The zero-order valence-electron chi connectivity index (χ0n) is 16.1. The van der Waals surface area contributed by atoms with Crippen molar-refractivity contribution in [2.45, 2.75) is 51.9 Å². The highest BCUT2D eigenvalue weighted by Gasteiger charge is 2.52. The lowest BCUT2D eigenvalue weighted by molar-refractivity contribution is 0.00578. The first kappa shape index (κ1) is 19.7. The highest BCUT2D eigenvalue weighted by Crippen LogP contribution is 2.38. The Morgan fingerprint density at radius 3 is 2.56 bits per heavy atom. The molecular formula is C19H24BF2N3O2. The summed E-state index contributed by atoms with van der Waals surface area (Å²) in [7, 11) is -1.03. The maximum atomic E-state index is 14.7. The Balaban J connectivity index is 1.82. The number of rotatable bonds is 6. The van der Waals surface area contributed by atoms with Crippen molar-refractivity contribution in [3.8, 4) is 11.3 Å². The smallest absolute Gasteiger partial charge is 0.398 e. The second-order valence-corrected chi connectivity index (χ2v) is 7.58. The van der Waals surface area contributed by atoms with Gasteiger partial charge in [0.25, 0.3) is 0 Å². The molecule has 1 aliphatic rings. The molecule has 5 nitrogen and oxygen atoms in total. The van der Waals surface area contributed by atoms with Crippen LogP contribution in [0.1, 0.15) is 33.3 Å². The molecule has 1 fully saturated rings. The summed E-state index contributed by atoms with van der Waals surface area (Å²) in [4.78, 5) is 4.09. The molecule has 0 aliphatic carbocycles. The van der Waals surface area contributed by atoms with Crippen LogP contribution in [-0.4, -0.2) is 39.8 Å². The molecule has 0 bridgehead atoms. The summed E-state index contributed by atoms with van der Waals surface area (Å²) in [6.07, 6.45) is 6.79. The molecule has 0 unspecified atom stereocenters. The van der Waals surface area contributed by atoms with Gasteiger partial charge in [-0.3, -0.25) is 9.67 Å². The standard InChI is InChI=1S/C19H24BF2N3O2/c1-18(2)19(3,4)27-20(26-18)16(22)8-7-15-13-25(11-9-21)24-17(15)14-6-5-10-23-12-14/h5-6,8,10,12-13H,7,9,11H2,1-4H3. The third-order valence-corrected chi connectivity index (χ3v) is 5.08. The van der Waals surface area contributed by atoms with Crippen molar-refractivity contribution in [2.75, 3.05) is 6.67 Å². The van der Waals surface area contributed by atoms with Gasteiger partial charge >= 0.3 is 7.12 Å². The van der Waals surface area contributed by atoms with E-state index in [1.165, 1.54) is 10.8 Å². The summed E-state index contributed by atoms with van der Waals surface area (Å²) in [6.45, 7) is 7.13. The first-order valence-corrected chi connectivity index (χ1v) is 8.97. The predicted molar refractivity (Wildman–Crippen MR) is 100 cm³/mol. The minimum Gasteiger partial charge on any atom is -0.398 e. The highest BCUT2D eigenvalue weighted by molar-refractivity contribution is 6.53.